The van der Waals surface area contributed by atoms with Crippen molar-refractivity contribution >= 4 is 27.1 Å². The minimum atomic E-state index is -3.31. The van der Waals surface area contributed by atoms with Gasteiger partial charge >= 0.3 is 0 Å². The van der Waals surface area contributed by atoms with Crippen molar-refractivity contribution < 1.29 is 17.9 Å². The number of benzene rings is 1. The number of carbonyl (C=O) groups is 1. The number of rotatable bonds is 7. The number of piperidine rings is 1. The fourth-order valence-electron chi connectivity index (χ4n) is 5.49. The van der Waals surface area contributed by atoms with E-state index >= 15 is 0 Å². The third-order valence-corrected chi connectivity index (χ3v) is 11.2. The monoisotopic (exact) mass is 578 g/mol. The first kappa shape index (κ1) is 28.4. The minimum absolute atomic E-state index is 0.0195. The van der Waals surface area contributed by atoms with E-state index in [0.717, 1.165) is 30.8 Å². The number of nitrogens with one attached hydrogen (secondary N) is 1. The number of nitrogens with zero attached hydrogens (tertiary/aromatic N) is 3. The number of amides is 1. The Morgan fingerprint density at radius 2 is 1.98 bits per heavy atom. The number of hydrogen-bond acceptors (Lipinski definition) is 8. The number of pyridine rings is 1. The predicted molar refractivity (Wildman–Crippen MR) is 154 cm³/mol. The van der Waals surface area contributed by atoms with Gasteiger partial charge in [-0.3, -0.25) is 14.7 Å². The van der Waals surface area contributed by atoms with Crippen LogP contribution in [0.2, 0.25) is 0 Å². The number of thiophene rings is 1. The first-order chi connectivity index (χ1) is 19.2. The summed E-state index contributed by atoms with van der Waals surface area (Å²) >= 11 is 1.52. The number of aromatic nitrogens is 1. The number of hydrogen-bond donors (Lipinski definition) is 1. The lowest BCUT2D eigenvalue weighted by molar-refractivity contribution is -0.105. The van der Waals surface area contributed by atoms with E-state index in [1.54, 1.807) is 13.0 Å². The number of nitriles is 1. The number of fused-ring (bicyclic) bond motifs is 2. The molecule has 40 heavy (non-hydrogen) atoms. The van der Waals surface area contributed by atoms with Crippen molar-refractivity contribution in [2.45, 2.75) is 62.6 Å². The SMILES string of the molecule is CCS(=O)(=O)c1ccc(CNC(=O)c2cc3c(s2)C2(CCN([C@@H](C)c4ccc(C#N)cc4)CC2)OC[C@H]3C)nc1. The van der Waals surface area contributed by atoms with Crippen LogP contribution in [-0.4, -0.2) is 49.7 Å². The van der Waals surface area contributed by atoms with E-state index in [4.69, 9.17) is 10.00 Å². The Bertz CT molecular complexity index is 1520. The zero-order valence-corrected chi connectivity index (χ0v) is 24.6. The predicted octanol–water partition coefficient (Wildman–Crippen LogP) is 4.92. The lowest BCUT2D eigenvalue weighted by atomic mass is 9.82. The summed E-state index contributed by atoms with van der Waals surface area (Å²) in [7, 11) is -3.31. The molecule has 0 aliphatic carbocycles. The second-order valence-corrected chi connectivity index (χ2v) is 13.9. The van der Waals surface area contributed by atoms with Crippen molar-refractivity contribution in [3.05, 3.63) is 80.8 Å². The molecule has 2 aromatic heterocycles. The number of ether oxygens (including phenoxy) is 1. The summed E-state index contributed by atoms with van der Waals surface area (Å²) in [5, 5.41) is 12.0. The molecular weight excluding hydrogens is 544 g/mol. The van der Waals surface area contributed by atoms with Crippen LogP contribution < -0.4 is 5.32 Å². The molecule has 0 radical (unpaired) electrons. The fourth-order valence-corrected chi connectivity index (χ4v) is 7.71. The van der Waals surface area contributed by atoms with Gasteiger partial charge in [-0.2, -0.15) is 5.26 Å². The second-order valence-electron chi connectivity index (χ2n) is 10.6. The second kappa shape index (κ2) is 11.4. The molecule has 2 aliphatic heterocycles. The Labute approximate surface area is 239 Å². The highest BCUT2D eigenvalue weighted by Crippen LogP contribution is 2.49. The van der Waals surface area contributed by atoms with Crippen LogP contribution in [0.3, 0.4) is 0 Å². The van der Waals surface area contributed by atoms with E-state index < -0.39 is 9.84 Å². The molecule has 1 spiro atoms. The molecule has 1 amide bonds. The maximum atomic E-state index is 13.1. The van der Waals surface area contributed by atoms with Crippen LogP contribution in [0, 0.1) is 11.3 Å². The third kappa shape index (κ3) is 5.56. The van der Waals surface area contributed by atoms with Crippen LogP contribution in [-0.2, 0) is 26.7 Å². The highest BCUT2D eigenvalue weighted by molar-refractivity contribution is 7.91. The van der Waals surface area contributed by atoms with Crippen molar-refractivity contribution in [1.29, 1.82) is 5.26 Å². The first-order valence-electron chi connectivity index (χ1n) is 13.6. The Balaban J connectivity index is 1.26. The van der Waals surface area contributed by atoms with E-state index in [1.165, 1.54) is 34.7 Å². The van der Waals surface area contributed by atoms with E-state index in [1.807, 2.05) is 30.3 Å². The average Bonchev–Trinajstić information content (AvgIpc) is 3.46. The fraction of sp³-hybridized carbons (Fsp3) is 0.433. The van der Waals surface area contributed by atoms with Crippen LogP contribution in [0.1, 0.15) is 82.5 Å². The van der Waals surface area contributed by atoms with Crippen molar-refractivity contribution in [3.63, 3.8) is 0 Å². The summed E-state index contributed by atoms with van der Waals surface area (Å²) in [6, 6.07) is 15.4. The van der Waals surface area contributed by atoms with Gasteiger partial charge in [0.2, 0.25) is 0 Å². The summed E-state index contributed by atoms with van der Waals surface area (Å²) in [5.74, 6) is 0.0652. The molecular formula is C30H34N4O4S2. The molecule has 4 heterocycles. The van der Waals surface area contributed by atoms with Crippen LogP contribution in [0.15, 0.2) is 53.6 Å². The Morgan fingerprint density at radius 3 is 2.60 bits per heavy atom. The molecule has 1 N–H and O–H groups in total. The first-order valence-corrected chi connectivity index (χ1v) is 16.1. The van der Waals surface area contributed by atoms with E-state index in [9.17, 15) is 13.2 Å². The summed E-state index contributed by atoms with van der Waals surface area (Å²) in [6.07, 6.45) is 3.05. The molecule has 210 valence electrons. The Hall–Kier alpha value is -3.10. The van der Waals surface area contributed by atoms with Gasteiger partial charge in [0.25, 0.3) is 5.91 Å². The summed E-state index contributed by atoms with van der Waals surface area (Å²) in [4.78, 5) is 21.8. The molecule has 2 atom stereocenters. The zero-order chi connectivity index (χ0) is 28.5. The molecule has 5 rings (SSSR count). The third-order valence-electron chi connectivity index (χ3n) is 8.18. The quantitative estimate of drug-likeness (QED) is 0.423. The molecule has 3 aromatic rings. The summed E-state index contributed by atoms with van der Waals surface area (Å²) in [6.45, 7) is 8.54. The molecule has 10 heteroatoms. The van der Waals surface area contributed by atoms with Gasteiger partial charge in [0.15, 0.2) is 9.84 Å². The van der Waals surface area contributed by atoms with E-state index in [0.29, 0.717) is 22.7 Å². The van der Waals surface area contributed by atoms with Crippen molar-refractivity contribution in [2.24, 2.45) is 0 Å². The molecule has 1 fully saturated rings. The van der Waals surface area contributed by atoms with Gasteiger partial charge in [0, 0.05) is 36.1 Å². The van der Waals surface area contributed by atoms with Gasteiger partial charge in [0.1, 0.15) is 5.60 Å². The van der Waals surface area contributed by atoms with Gasteiger partial charge in [-0.05, 0) is 61.2 Å². The largest absolute Gasteiger partial charge is 0.369 e. The highest BCUT2D eigenvalue weighted by atomic mass is 32.2. The summed E-state index contributed by atoms with van der Waals surface area (Å²) < 4.78 is 30.6. The number of carbonyl (C=O) groups excluding carboxylic acids is 1. The van der Waals surface area contributed by atoms with Gasteiger partial charge in [0.05, 0.1) is 46.0 Å². The molecule has 0 saturated carbocycles. The smallest absolute Gasteiger partial charge is 0.261 e. The molecule has 1 aromatic carbocycles. The van der Waals surface area contributed by atoms with Crippen molar-refractivity contribution in [2.75, 3.05) is 25.4 Å². The molecule has 0 unspecified atom stereocenters. The number of sulfone groups is 1. The standard InChI is InChI=1S/C30H34N4O4S2/c1-4-40(36,37)25-10-9-24(32-18-25)17-33-29(35)27-15-26-20(2)19-38-30(28(26)39-27)11-13-34(14-12-30)21(3)23-7-5-22(16-31)6-8-23/h5-10,15,18,20-21H,4,11-14,17,19H2,1-3H3,(H,33,35)/t20-,21+/m1/s1. The topological polar surface area (TPSA) is 112 Å². The van der Waals surface area contributed by atoms with Gasteiger partial charge < -0.3 is 10.1 Å². The van der Waals surface area contributed by atoms with Crippen LogP contribution in [0.25, 0.3) is 0 Å². The van der Waals surface area contributed by atoms with Crippen LogP contribution in [0.5, 0.6) is 0 Å². The molecule has 1 saturated heterocycles. The Morgan fingerprint density at radius 1 is 1.25 bits per heavy atom. The van der Waals surface area contributed by atoms with Gasteiger partial charge in [-0.25, -0.2) is 8.42 Å². The highest BCUT2D eigenvalue weighted by Gasteiger charge is 2.45. The lowest BCUT2D eigenvalue weighted by Crippen LogP contribution is -2.47. The van der Waals surface area contributed by atoms with Crippen molar-refractivity contribution in [1.82, 2.24) is 15.2 Å². The van der Waals surface area contributed by atoms with Crippen LogP contribution >= 0.6 is 11.3 Å². The normalized spacial score (nSPS) is 19.5. The van der Waals surface area contributed by atoms with E-state index in [2.05, 4.69) is 35.1 Å². The molecule has 2 aliphatic rings. The average molecular weight is 579 g/mol. The summed E-state index contributed by atoms with van der Waals surface area (Å²) in [5.41, 5.74) is 3.28. The van der Waals surface area contributed by atoms with Crippen LogP contribution in [0.4, 0.5) is 0 Å². The van der Waals surface area contributed by atoms with E-state index in [-0.39, 0.29) is 40.7 Å². The maximum absolute atomic E-state index is 13.1. The molecule has 8 nitrogen and oxygen atoms in total. The van der Waals surface area contributed by atoms with Gasteiger partial charge in [-0.1, -0.05) is 26.0 Å². The Kier molecular flexibility index (Phi) is 8.11. The minimum Gasteiger partial charge on any atom is -0.369 e. The maximum Gasteiger partial charge on any atom is 0.261 e. The number of likely N-dealkylation sites (tertiary alicyclic amines) is 1. The lowest BCUT2D eigenvalue weighted by Gasteiger charge is -2.46. The van der Waals surface area contributed by atoms with Gasteiger partial charge in [-0.15, -0.1) is 11.3 Å². The molecule has 0 bridgehead atoms. The van der Waals surface area contributed by atoms with Crippen molar-refractivity contribution in [3.8, 4) is 6.07 Å². The zero-order valence-electron chi connectivity index (χ0n) is 23.0.